The van der Waals surface area contributed by atoms with Gasteiger partial charge in [0.15, 0.2) is 0 Å². The Bertz CT molecular complexity index is 1040. The van der Waals surface area contributed by atoms with Crippen molar-refractivity contribution in [2.45, 2.75) is 13.0 Å². The fraction of sp³-hybridized carbons (Fsp3) is 0.286. The van der Waals surface area contributed by atoms with Crippen LogP contribution in [0.2, 0.25) is 0 Å². The SMILES string of the molecule is NC(=O)c1ccc2c(c1)ncn2N1CCN(Cc2ccc(CC(=O)O)cc2)CC1. The highest BCUT2D eigenvalue weighted by Crippen LogP contribution is 2.17. The Kier molecular flexibility index (Phi) is 5.18. The number of carboxylic acid groups (broad SMARTS) is 1. The summed E-state index contributed by atoms with van der Waals surface area (Å²) in [6.07, 6.45) is 1.84. The second-order valence-electron chi connectivity index (χ2n) is 7.27. The molecule has 8 heteroatoms. The van der Waals surface area contributed by atoms with Gasteiger partial charge in [-0.05, 0) is 29.3 Å². The lowest BCUT2D eigenvalue weighted by Gasteiger charge is -2.36. The third kappa shape index (κ3) is 4.22. The second kappa shape index (κ2) is 7.92. The van der Waals surface area contributed by atoms with Crippen molar-refractivity contribution in [2.75, 3.05) is 31.2 Å². The molecule has 1 amide bonds. The smallest absolute Gasteiger partial charge is 0.307 e. The van der Waals surface area contributed by atoms with Crippen molar-refractivity contribution in [2.24, 2.45) is 5.73 Å². The number of fused-ring (bicyclic) bond motifs is 1. The molecule has 2 heterocycles. The van der Waals surface area contributed by atoms with Gasteiger partial charge < -0.3 is 15.8 Å². The Hall–Kier alpha value is -3.39. The number of hydrogen-bond donors (Lipinski definition) is 2. The number of aliphatic carboxylic acids is 1. The van der Waals surface area contributed by atoms with E-state index in [4.69, 9.17) is 10.8 Å². The molecule has 1 saturated heterocycles. The Morgan fingerprint density at radius 2 is 1.69 bits per heavy atom. The first-order valence-corrected chi connectivity index (χ1v) is 9.54. The molecule has 0 radical (unpaired) electrons. The van der Waals surface area contributed by atoms with E-state index >= 15 is 0 Å². The molecule has 1 aliphatic heterocycles. The molecule has 0 atom stereocenters. The number of carbonyl (C=O) groups is 2. The molecule has 1 fully saturated rings. The first-order chi connectivity index (χ1) is 14.0. The fourth-order valence-electron chi connectivity index (χ4n) is 3.68. The number of nitrogens with zero attached hydrogens (tertiary/aromatic N) is 4. The minimum Gasteiger partial charge on any atom is -0.481 e. The van der Waals surface area contributed by atoms with E-state index in [9.17, 15) is 9.59 Å². The van der Waals surface area contributed by atoms with Crippen LogP contribution >= 0.6 is 0 Å². The number of amides is 1. The summed E-state index contributed by atoms with van der Waals surface area (Å²) >= 11 is 0. The molecule has 0 unspecified atom stereocenters. The summed E-state index contributed by atoms with van der Waals surface area (Å²) in [4.78, 5) is 28.9. The molecule has 0 spiro atoms. The lowest BCUT2D eigenvalue weighted by molar-refractivity contribution is -0.136. The van der Waals surface area contributed by atoms with Crippen LogP contribution in [0.5, 0.6) is 0 Å². The molecule has 1 aromatic heterocycles. The molecule has 29 heavy (non-hydrogen) atoms. The standard InChI is InChI=1S/C21H23N5O3/c22-21(29)17-5-6-19-18(12-17)23-14-26(19)25-9-7-24(8-10-25)13-16-3-1-15(2-4-16)11-20(27)28/h1-6,12,14H,7-11,13H2,(H2,22,29)(H,27,28). The number of aromatic nitrogens is 2. The van der Waals surface area contributed by atoms with Crippen LogP contribution in [-0.2, 0) is 17.8 Å². The number of carbonyl (C=O) groups excluding carboxylic acids is 1. The minimum atomic E-state index is -0.813. The van der Waals surface area contributed by atoms with Gasteiger partial charge in [0.1, 0.15) is 6.33 Å². The molecule has 8 nitrogen and oxygen atoms in total. The van der Waals surface area contributed by atoms with Gasteiger partial charge in [-0.15, -0.1) is 0 Å². The zero-order valence-electron chi connectivity index (χ0n) is 16.0. The molecular formula is C21H23N5O3. The summed E-state index contributed by atoms with van der Waals surface area (Å²) < 4.78 is 2.04. The second-order valence-corrected chi connectivity index (χ2v) is 7.27. The number of primary amides is 1. The quantitative estimate of drug-likeness (QED) is 0.652. The maximum absolute atomic E-state index is 11.4. The highest BCUT2D eigenvalue weighted by molar-refractivity contribution is 5.96. The zero-order chi connectivity index (χ0) is 20.4. The molecule has 3 N–H and O–H groups in total. The van der Waals surface area contributed by atoms with Crippen molar-refractivity contribution in [3.63, 3.8) is 0 Å². The highest BCUT2D eigenvalue weighted by atomic mass is 16.4. The van der Waals surface area contributed by atoms with E-state index in [1.165, 1.54) is 5.56 Å². The lowest BCUT2D eigenvalue weighted by atomic mass is 10.1. The maximum atomic E-state index is 11.4. The van der Waals surface area contributed by atoms with Crippen LogP contribution in [0.15, 0.2) is 48.8 Å². The van der Waals surface area contributed by atoms with Crippen LogP contribution in [0.4, 0.5) is 0 Å². The topological polar surface area (TPSA) is 105 Å². The molecule has 0 aliphatic carbocycles. The number of rotatable bonds is 6. The van der Waals surface area contributed by atoms with Gasteiger partial charge in [0, 0.05) is 38.3 Å². The Balaban J connectivity index is 1.37. The van der Waals surface area contributed by atoms with Crippen molar-refractivity contribution >= 4 is 22.9 Å². The largest absolute Gasteiger partial charge is 0.481 e. The van der Waals surface area contributed by atoms with E-state index in [1.54, 1.807) is 18.5 Å². The van der Waals surface area contributed by atoms with E-state index < -0.39 is 11.9 Å². The van der Waals surface area contributed by atoms with Gasteiger partial charge >= 0.3 is 5.97 Å². The van der Waals surface area contributed by atoms with Crippen molar-refractivity contribution in [1.82, 2.24) is 14.6 Å². The van der Waals surface area contributed by atoms with E-state index in [0.29, 0.717) is 5.56 Å². The third-order valence-corrected chi connectivity index (χ3v) is 5.25. The number of benzene rings is 2. The van der Waals surface area contributed by atoms with Gasteiger partial charge in [0.05, 0.1) is 17.5 Å². The zero-order valence-corrected chi connectivity index (χ0v) is 16.0. The molecule has 150 valence electrons. The van der Waals surface area contributed by atoms with Gasteiger partial charge in [-0.2, -0.15) is 0 Å². The van der Waals surface area contributed by atoms with E-state index in [0.717, 1.165) is 49.3 Å². The predicted molar refractivity (Wildman–Crippen MR) is 109 cm³/mol. The van der Waals surface area contributed by atoms with Crippen molar-refractivity contribution in [3.05, 3.63) is 65.5 Å². The monoisotopic (exact) mass is 393 g/mol. The molecule has 4 rings (SSSR count). The van der Waals surface area contributed by atoms with Gasteiger partial charge in [-0.25, -0.2) is 9.66 Å². The lowest BCUT2D eigenvalue weighted by Crippen LogP contribution is -2.50. The van der Waals surface area contributed by atoms with E-state index in [-0.39, 0.29) is 6.42 Å². The number of piperazine rings is 1. The number of carboxylic acids is 1. The first kappa shape index (κ1) is 18.9. The van der Waals surface area contributed by atoms with Crippen LogP contribution < -0.4 is 10.7 Å². The van der Waals surface area contributed by atoms with Crippen LogP contribution in [0, 0.1) is 0 Å². The van der Waals surface area contributed by atoms with Crippen LogP contribution in [0.3, 0.4) is 0 Å². The Morgan fingerprint density at radius 1 is 1.00 bits per heavy atom. The third-order valence-electron chi connectivity index (χ3n) is 5.25. The van der Waals surface area contributed by atoms with Crippen LogP contribution in [0.1, 0.15) is 21.5 Å². The van der Waals surface area contributed by atoms with Crippen LogP contribution in [0.25, 0.3) is 11.0 Å². The van der Waals surface area contributed by atoms with Gasteiger partial charge in [0.25, 0.3) is 0 Å². The first-order valence-electron chi connectivity index (χ1n) is 9.54. The summed E-state index contributed by atoms with van der Waals surface area (Å²) in [6.45, 7) is 4.39. The molecule has 0 saturated carbocycles. The summed E-state index contributed by atoms with van der Waals surface area (Å²) in [5, 5.41) is 11.1. The number of imidazole rings is 1. The number of hydrogen-bond acceptors (Lipinski definition) is 5. The van der Waals surface area contributed by atoms with Crippen LogP contribution in [-0.4, -0.2) is 57.7 Å². The average Bonchev–Trinajstić information content (AvgIpc) is 3.13. The van der Waals surface area contributed by atoms with Gasteiger partial charge in [-0.1, -0.05) is 24.3 Å². The van der Waals surface area contributed by atoms with Gasteiger partial charge in [0.2, 0.25) is 5.91 Å². The van der Waals surface area contributed by atoms with Crippen molar-refractivity contribution < 1.29 is 14.7 Å². The normalized spacial score (nSPS) is 15.0. The fourth-order valence-corrected chi connectivity index (χ4v) is 3.68. The van der Waals surface area contributed by atoms with E-state index in [1.807, 2.05) is 35.0 Å². The molecular weight excluding hydrogens is 370 g/mol. The Morgan fingerprint density at radius 3 is 2.34 bits per heavy atom. The maximum Gasteiger partial charge on any atom is 0.307 e. The molecule has 0 bridgehead atoms. The highest BCUT2D eigenvalue weighted by Gasteiger charge is 2.19. The predicted octanol–water partition coefficient (Wildman–Crippen LogP) is 1.22. The Labute approximate surface area is 168 Å². The summed E-state index contributed by atoms with van der Waals surface area (Å²) in [5.41, 5.74) is 9.52. The van der Waals surface area contributed by atoms with Crippen molar-refractivity contribution in [1.29, 1.82) is 0 Å². The summed E-state index contributed by atoms with van der Waals surface area (Å²) in [6, 6.07) is 13.1. The summed E-state index contributed by atoms with van der Waals surface area (Å²) in [5.74, 6) is -1.27. The van der Waals surface area contributed by atoms with Crippen molar-refractivity contribution in [3.8, 4) is 0 Å². The minimum absolute atomic E-state index is 0.0543. The molecule has 1 aliphatic rings. The molecule has 3 aromatic rings. The molecule has 2 aromatic carbocycles. The van der Waals surface area contributed by atoms with Gasteiger partial charge in [-0.3, -0.25) is 14.5 Å². The van der Waals surface area contributed by atoms with E-state index in [2.05, 4.69) is 14.9 Å². The number of nitrogens with two attached hydrogens (primary N) is 1. The average molecular weight is 393 g/mol. The summed E-state index contributed by atoms with van der Waals surface area (Å²) in [7, 11) is 0.